The van der Waals surface area contributed by atoms with Crippen molar-refractivity contribution in [2.75, 3.05) is 13.2 Å². The Morgan fingerprint density at radius 1 is 1.11 bits per heavy atom. The van der Waals surface area contributed by atoms with Crippen molar-refractivity contribution < 1.29 is 14.9 Å². The summed E-state index contributed by atoms with van der Waals surface area (Å²) < 4.78 is 5.38. The number of benzene rings is 1. The van der Waals surface area contributed by atoms with Gasteiger partial charge in [-0.05, 0) is 50.3 Å². The minimum atomic E-state index is 0.0934. The van der Waals surface area contributed by atoms with E-state index in [0.29, 0.717) is 12.0 Å². The Labute approximate surface area is 114 Å². The second-order valence-electron chi connectivity index (χ2n) is 5.41. The zero-order valence-electron chi connectivity index (χ0n) is 11.6. The molecule has 0 aromatic heterocycles. The van der Waals surface area contributed by atoms with Crippen molar-refractivity contribution >= 4 is 0 Å². The first kappa shape index (κ1) is 14.2. The lowest BCUT2D eigenvalue weighted by atomic mass is 9.92. The Morgan fingerprint density at radius 2 is 1.68 bits per heavy atom. The third-order valence-corrected chi connectivity index (χ3v) is 3.91. The third kappa shape index (κ3) is 3.85. The first-order valence-corrected chi connectivity index (χ1v) is 6.93. The van der Waals surface area contributed by atoms with Gasteiger partial charge in [-0.3, -0.25) is 0 Å². The van der Waals surface area contributed by atoms with Crippen LogP contribution in [0, 0.1) is 5.92 Å². The van der Waals surface area contributed by atoms with Crippen LogP contribution in [0.4, 0.5) is 0 Å². The number of ether oxygens (including phenoxy) is 1. The van der Waals surface area contributed by atoms with E-state index in [4.69, 9.17) is 4.74 Å². The summed E-state index contributed by atoms with van der Waals surface area (Å²) in [5.41, 5.74) is 0.899. The average Bonchev–Trinajstić information content (AvgIpc) is 2.38. The van der Waals surface area contributed by atoms with Crippen molar-refractivity contribution in [3.05, 3.63) is 23.8 Å². The largest absolute Gasteiger partial charge is 0.508 e. The molecule has 1 aromatic carbocycles. The maximum Gasteiger partial charge on any atom is 0.119 e. The van der Waals surface area contributed by atoms with Crippen molar-refractivity contribution in [1.82, 2.24) is 5.32 Å². The number of hydrogen-bond donors (Lipinski definition) is 3. The minimum absolute atomic E-state index is 0.0934. The molecule has 0 aliphatic carbocycles. The Kier molecular flexibility index (Phi) is 4.66. The van der Waals surface area contributed by atoms with Gasteiger partial charge in [0.2, 0.25) is 0 Å². The highest BCUT2D eigenvalue weighted by molar-refractivity contribution is 5.37. The molecule has 1 heterocycles. The highest BCUT2D eigenvalue weighted by Gasteiger charge is 2.22. The standard InChI is InChI=1S/C15H23NO3/c1-10(12-3-5-19-6-4-12)16-11(2)13-7-14(17)9-15(18)8-13/h7-12,16-18H,3-6H2,1-2H3. The normalized spacial score (nSPS) is 20.1. The van der Waals surface area contributed by atoms with Gasteiger partial charge in [-0.1, -0.05) is 0 Å². The fourth-order valence-electron chi connectivity index (χ4n) is 2.71. The van der Waals surface area contributed by atoms with Crippen molar-refractivity contribution in [3.63, 3.8) is 0 Å². The number of hydrogen-bond acceptors (Lipinski definition) is 4. The fourth-order valence-corrected chi connectivity index (χ4v) is 2.71. The molecule has 1 saturated heterocycles. The van der Waals surface area contributed by atoms with E-state index in [2.05, 4.69) is 12.2 Å². The molecular formula is C15H23NO3. The highest BCUT2D eigenvalue weighted by atomic mass is 16.5. The van der Waals surface area contributed by atoms with Gasteiger partial charge in [0.15, 0.2) is 0 Å². The van der Waals surface area contributed by atoms with Gasteiger partial charge >= 0.3 is 0 Å². The molecular weight excluding hydrogens is 242 g/mol. The number of rotatable bonds is 4. The summed E-state index contributed by atoms with van der Waals surface area (Å²) in [7, 11) is 0. The topological polar surface area (TPSA) is 61.7 Å². The zero-order valence-corrected chi connectivity index (χ0v) is 11.6. The maximum atomic E-state index is 9.52. The highest BCUT2D eigenvalue weighted by Crippen LogP contribution is 2.26. The van der Waals surface area contributed by atoms with Crippen molar-refractivity contribution in [2.24, 2.45) is 5.92 Å². The van der Waals surface area contributed by atoms with Gasteiger partial charge in [-0.25, -0.2) is 0 Å². The van der Waals surface area contributed by atoms with E-state index in [1.165, 1.54) is 6.07 Å². The molecule has 4 heteroatoms. The summed E-state index contributed by atoms with van der Waals surface area (Å²) in [4.78, 5) is 0. The van der Waals surface area contributed by atoms with Gasteiger partial charge in [0.05, 0.1) is 0 Å². The fraction of sp³-hybridized carbons (Fsp3) is 0.600. The SMILES string of the molecule is CC(NC(C)C1CCOCC1)c1cc(O)cc(O)c1. The number of phenolic OH excluding ortho intramolecular Hbond substituents is 2. The molecule has 2 atom stereocenters. The second-order valence-corrected chi connectivity index (χ2v) is 5.41. The Hall–Kier alpha value is -1.26. The first-order valence-electron chi connectivity index (χ1n) is 6.93. The molecule has 1 aliphatic heterocycles. The van der Waals surface area contributed by atoms with Crippen LogP contribution in [0.15, 0.2) is 18.2 Å². The molecule has 0 amide bonds. The summed E-state index contributed by atoms with van der Waals surface area (Å²) in [6.07, 6.45) is 2.18. The third-order valence-electron chi connectivity index (χ3n) is 3.91. The molecule has 4 nitrogen and oxygen atoms in total. The van der Waals surface area contributed by atoms with E-state index in [0.717, 1.165) is 31.6 Å². The zero-order chi connectivity index (χ0) is 13.8. The van der Waals surface area contributed by atoms with Crippen LogP contribution < -0.4 is 5.32 Å². The van der Waals surface area contributed by atoms with E-state index >= 15 is 0 Å². The smallest absolute Gasteiger partial charge is 0.119 e. The Bertz CT molecular complexity index is 396. The van der Waals surface area contributed by atoms with Crippen molar-refractivity contribution in [2.45, 2.75) is 38.8 Å². The molecule has 1 fully saturated rings. The predicted molar refractivity (Wildman–Crippen MR) is 74.3 cm³/mol. The van der Waals surface area contributed by atoms with Crippen molar-refractivity contribution in [1.29, 1.82) is 0 Å². The molecule has 2 unspecified atom stereocenters. The van der Waals surface area contributed by atoms with Gasteiger partial charge in [0.1, 0.15) is 11.5 Å². The van der Waals surface area contributed by atoms with Crippen LogP contribution in [0.5, 0.6) is 11.5 Å². The molecule has 3 N–H and O–H groups in total. The van der Waals surface area contributed by atoms with E-state index in [1.54, 1.807) is 12.1 Å². The molecule has 1 aliphatic rings. The molecule has 0 spiro atoms. The summed E-state index contributed by atoms with van der Waals surface area (Å²) >= 11 is 0. The molecule has 2 rings (SSSR count). The predicted octanol–water partition coefficient (Wildman–Crippen LogP) is 2.56. The number of phenols is 2. The Balaban J connectivity index is 1.97. The van der Waals surface area contributed by atoms with Gasteiger partial charge in [-0.15, -0.1) is 0 Å². The molecule has 106 valence electrons. The molecule has 0 radical (unpaired) electrons. The van der Waals surface area contributed by atoms with Crippen LogP contribution in [-0.2, 0) is 4.74 Å². The molecule has 19 heavy (non-hydrogen) atoms. The Morgan fingerprint density at radius 3 is 2.26 bits per heavy atom. The lowest BCUT2D eigenvalue weighted by molar-refractivity contribution is 0.0547. The van der Waals surface area contributed by atoms with E-state index < -0.39 is 0 Å². The molecule has 0 bridgehead atoms. The molecule has 1 aromatic rings. The summed E-state index contributed by atoms with van der Waals surface area (Å²) in [5.74, 6) is 0.826. The van der Waals surface area contributed by atoms with E-state index in [-0.39, 0.29) is 17.5 Å². The van der Waals surface area contributed by atoms with Gasteiger partial charge < -0.3 is 20.3 Å². The van der Waals surface area contributed by atoms with Crippen LogP contribution >= 0.6 is 0 Å². The number of aromatic hydroxyl groups is 2. The molecule has 0 saturated carbocycles. The minimum Gasteiger partial charge on any atom is -0.508 e. The maximum absolute atomic E-state index is 9.52. The van der Waals surface area contributed by atoms with Crippen molar-refractivity contribution in [3.8, 4) is 11.5 Å². The van der Waals surface area contributed by atoms with Crippen LogP contribution in [0.2, 0.25) is 0 Å². The van der Waals surface area contributed by atoms with E-state index in [9.17, 15) is 10.2 Å². The van der Waals surface area contributed by atoms with Crippen LogP contribution in [0.1, 0.15) is 38.3 Å². The lowest BCUT2D eigenvalue weighted by Crippen LogP contribution is -2.38. The second kappa shape index (κ2) is 6.26. The van der Waals surface area contributed by atoms with E-state index in [1.807, 2.05) is 6.92 Å². The summed E-state index contributed by atoms with van der Waals surface area (Å²) in [6, 6.07) is 5.21. The van der Waals surface area contributed by atoms with Gasteiger partial charge in [0, 0.05) is 31.4 Å². The first-order chi connectivity index (χ1) is 9.06. The summed E-state index contributed by atoms with van der Waals surface area (Å²) in [6.45, 7) is 5.93. The van der Waals surface area contributed by atoms with Crippen LogP contribution in [0.25, 0.3) is 0 Å². The van der Waals surface area contributed by atoms with Crippen LogP contribution in [0.3, 0.4) is 0 Å². The van der Waals surface area contributed by atoms with Gasteiger partial charge in [-0.2, -0.15) is 0 Å². The van der Waals surface area contributed by atoms with Gasteiger partial charge in [0.25, 0.3) is 0 Å². The quantitative estimate of drug-likeness (QED) is 0.783. The van der Waals surface area contributed by atoms with Crippen LogP contribution in [-0.4, -0.2) is 29.5 Å². The summed E-state index contributed by atoms with van der Waals surface area (Å²) in [5, 5.41) is 22.6. The lowest BCUT2D eigenvalue weighted by Gasteiger charge is -2.30. The number of nitrogens with one attached hydrogen (secondary N) is 1. The monoisotopic (exact) mass is 265 g/mol. The average molecular weight is 265 g/mol.